The molecule has 0 aromatic heterocycles. The van der Waals surface area contributed by atoms with Crippen molar-refractivity contribution in [2.24, 2.45) is 0 Å². The zero-order chi connectivity index (χ0) is 13.5. The van der Waals surface area contributed by atoms with Crippen LogP contribution in [-0.4, -0.2) is 40.4 Å². The van der Waals surface area contributed by atoms with Gasteiger partial charge in [-0.05, 0) is 19.6 Å². The number of carbonyl (C=O) groups excluding carboxylic acids is 2. The summed E-state index contributed by atoms with van der Waals surface area (Å²) >= 11 is 0. The molecule has 0 aliphatic rings. The highest BCUT2D eigenvalue weighted by Gasteiger charge is 2.28. The van der Waals surface area contributed by atoms with E-state index in [2.05, 4.69) is 9.47 Å². The molecule has 0 heterocycles. The summed E-state index contributed by atoms with van der Waals surface area (Å²) in [6, 6.07) is 0. The molecule has 0 aliphatic carbocycles. The van der Waals surface area contributed by atoms with E-state index in [9.17, 15) is 9.59 Å². The first-order valence-electron chi connectivity index (χ1n) is 5.28. The minimum atomic E-state index is -1.91. The van der Waals surface area contributed by atoms with Crippen LogP contribution in [-0.2, 0) is 23.5 Å². The normalized spacial score (nSPS) is 13.5. The maximum atomic E-state index is 11.5. The van der Waals surface area contributed by atoms with E-state index in [1.807, 2.05) is 19.6 Å². The van der Waals surface area contributed by atoms with Crippen LogP contribution in [0.15, 0.2) is 12.3 Å². The van der Waals surface area contributed by atoms with Gasteiger partial charge in [-0.25, -0.2) is 4.79 Å². The van der Waals surface area contributed by atoms with Crippen LogP contribution in [0.5, 0.6) is 0 Å². The molecular weight excluding hydrogens is 240 g/mol. The predicted octanol–water partition coefficient (Wildman–Crippen LogP) is 1.50. The monoisotopic (exact) mass is 260 g/mol. The Morgan fingerprint density at radius 3 is 2.24 bits per heavy atom. The second-order valence-corrected chi connectivity index (χ2v) is 8.91. The van der Waals surface area contributed by atoms with Gasteiger partial charge >= 0.3 is 5.97 Å². The minimum Gasteiger partial charge on any atom is -0.504 e. The molecule has 0 aromatic carbocycles. The summed E-state index contributed by atoms with van der Waals surface area (Å²) < 4.78 is 14.9. The second-order valence-electron chi connectivity index (χ2n) is 4.45. The third kappa shape index (κ3) is 7.70. The Morgan fingerprint density at radius 1 is 1.24 bits per heavy atom. The van der Waals surface area contributed by atoms with E-state index in [1.54, 1.807) is 0 Å². The lowest BCUT2D eigenvalue weighted by atomic mass is 10.2. The van der Waals surface area contributed by atoms with Gasteiger partial charge in [-0.2, -0.15) is 0 Å². The fourth-order valence-corrected chi connectivity index (χ4v) is 2.16. The number of carbonyl (C=O) groups is 2. The first kappa shape index (κ1) is 15.9. The molecule has 17 heavy (non-hydrogen) atoms. The van der Waals surface area contributed by atoms with Crippen LogP contribution < -0.4 is 0 Å². The fourth-order valence-electron chi connectivity index (χ4n) is 1.13. The van der Waals surface area contributed by atoms with Crippen LogP contribution in [0.25, 0.3) is 0 Å². The van der Waals surface area contributed by atoms with Crippen molar-refractivity contribution in [1.29, 1.82) is 0 Å². The molecule has 0 aliphatic heterocycles. The largest absolute Gasteiger partial charge is 0.504 e. The Labute approximate surface area is 103 Å². The summed E-state index contributed by atoms with van der Waals surface area (Å²) in [5.41, 5.74) is 0. The van der Waals surface area contributed by atoms with Gasteiger partial charge in [0.05, 0.1) is 20.5 Å². The van der Waals surface area contributed by atoms with E-state index in [0.717, 1.165) is 0 Å². The maximum Gasteiger partial charge on any atom is 0.334 e. The molecule has 0 spiro atoms. The molecule has 0 fully saturated rings. The highest BCUT2D eigenvalue weighted by molar-refractivity contribution is 6.69. The lowest BCUT2D eigenvalue weighted by Crippen LogP contribution is -2.38. The highest BCUT2D eigenvalue weighted by atomic mass is 28.4. The Hall–Kier alpha value is -1.14. The number of hydrogen-bond acceptors (Lipinski definition) is 5. The Bertz CT molecular complexity index is 293. The lowest BCUT2D eigenvalue weighted by molar-refractivity contribution is -0.150. The molecule has 1 atom stereocenters. The number of allylic oxidation sites excluding steroid dienone is 1. The van der Waals surface area contributed by atoms with E-state index < -0.39 is 20.4 Å². The Morgan fingerprint density at radius 2 is 1.82 bits per heavy atom. The second kappa shape index (κ2) is 7.23. The summed E-state index contributed by atoms with van der Waals surface area (Å²) in [6.45, 7) is 5.83. The average Bonchev–Trinajstić information content (AvgIpc) is 2.22. The summed E-state index contributed by atoms with van der Waals surface area (Å²) in [7, 11) is 0.815. The quantitative estimate of drug-likeness (QED) is 0.300. The molecule has 0 saturated heterocycles. The number of ether oxygens (including phenoxy) is 2. The molecule has 5 nitrogen and oxygen atoms in total. The van der Waals surface area contributed by atoms with E-state index in [1.165, 1.54) is 26.6 Å². The van der Waals surface area contributed by atoms with Gasteiger partial charge in [-0.1, -0.05) is 0 Å². The Kier molecular flexibility index (Phi) is 6.75. The standard InChI is InChI=1S/C11H20O5Si/c1-14-7-6-9(12)8-10(11(13)15-2)16-17(3,4)5/h6-7,10H,8H2,1-5H3/b7-6+/t10-/m0/s1. The smallest absolute Gasteiger partial charge is 0.334 e. The summed E-state index contributed by atoms with van der Waals surface area (Å²) in [4.78, 5) is 22.9. The van der Waals surface area contributed by atoms with Gasteiger partial charge in [-0.3, -0.25) is 4.79 Å². The molecule has 0 amide bonds. The molecular formula is C11H20O5Si. The fraction of sp³-hybridized carbons (Fsp3) is 0.636. The van der Waals surface area contributed by atoms with Gasteiger partial charge in [0.1, 0.15) is 0 Å². The third-order valence-electron chi connectivity index (χ3n) is 1.74. The van der Waals surface area contributed by atoms with Gasteiger partial charge in [-0.15, -0.1) is 0 Å². The number of hydrogen-bond donors (Lipinski definition) is 0. The van der Waals surface area contributed by atoms with Crippen LogP contribution in [0.1, 0.15) is 6.42 Å². The molecule has 0 bridgehead atoms. The SMILES string of the molecule is CO/C=C/C(=O)C[C@H](O[Si](C)(C)C)C(=O)OC. The van der Waals surface area contributed by atoms with Crippen LogP contribution in [0.3, 0.4) is 0 Å². The molecule has 0 N–H and O–H groups in total. The molecule has 6 heteroatoms. The first-order valence-corrected chi connectivity index (χ1v) is 8.69. The van der Waals surface area contributed by atoms with Gasteiger partial charge in [0, 0.05) is 12.5 Å². The van der Waals surface area contributed by atoms with Crippen molar-refractivity contribution < 1.29 is 23.5 Å². The predicted molar refractivity (Wildman–Crippen MR) is 66.0 cm³/mol. The zero-order valence-electron chi connectivity index (χ0n) is 11.0. The van der Waals surface area contributed by atoms with E-state index >= 15 is 0 Å². The molecule has 0 saturated carbocycles. The molecule has 0 aromatic rings. The minimum absolute atomic E-state index is 0.0309. The topological polar surface area (TPSA) is 61.8 Å². The van der Waals surface area contributed by atoms with Crippen LogP contribution in [0.4, 0.5) is 0 Å². The highest BCUT2D eigenvalue weighted by Crippen LogP contribution is 2.12. The van der Waals surface area contributed by atoms with Gasteiger partial charge in [0.15, 0.2) is 20.2 Å². The van der Waals surface area contributed by atoms with Crippen LogP contribution in [0, 0.1) is 0 Å². The Balaban J connectivity index is 4.55. The van der Waals surface area contributed by atoms with E-state index in [4.69, 9.17) is 4.43 Å². The van der Waals surface area contributed by atoms with Gasteiger partial charge < -0.3 is 13.9 Å². The molecule has 0 radical (unpaired) electrons. The van der Waals surface area contributed by atoms with Crippen LogP contribution >= 0.6 is 0 Å². The number of methoxy groups -OCH3 is 2. The van der Waals surface area contributed by atoms with Gasteiger partial charge in [0.2, 0.25) is 0 Å². The number of esters is 1. The summed E-state index contributed by atoms with van der Waals surface area (Å²) in [5.74, 6) is -0.757. The van der Waals surface area contributed by atoms with E-state index in [0.29, 0.717) is 0 Å². The summed E-state index contributed by atoms with van der Waals surface area (Å²) in [6.07, 6.45) is 1.67. The van der Waals surface area contributed by atoms with Crippen molar-refractivity contribution in [3.05, 3.63) is 12.3 Å². The van der Waals surface area contributed by atoms with E-state index in [-0.39, 0.29) is 12.2 Å². The molecule has 0 unspecified atom stereocenters. The van der Waals surface area contributed by atoms with Crippen LogP contribution in [0.2, 0.25) is 19.6 Å². The van der Waals surface area contributed by atoms with Crippen molar-refractivity contribution in [3.63, 3.8) is 0 Å². The zero-order valence-corrected chi connectivity index (χ0v) is 12.0. The van der Waals surface area contributed by atoms with Crippen molar-refractivity contribution in [1.82, 2.24) is 0 Å². The maximum absolute atomic E-state index is 11.5. The van der Waals surface area contributed by atoms with Crippen molar-refractivity contribution in [2.45, 2.75) is 32.2 Å². The van der Waals surface area contributed by atoms with Crippen molar-refractivity contribution >= 4 is 20.1 Å². The van der Waals surface area contributed by atoms with Crippen molar-refractivity contribution in [3.8, 4) is 0 Å². The lowest BCUT2D eigenvalue weighted by Gasteiger charge is -2.23. The first-order chi connectivity index (χ1) is 7.80. The number of ketones is 1. The summed E-state index contributed by atoms with van der Waals surface area (Å²) in [5, 5.41) is 0. The number of rotatable bonds is 7. The van der Waals surface area contributed by atoms with Gasteiger partial charge in [0.25, 0.3) is 0 Å². The molecule has 98 valence electrons. The van der Waals surface area contributed by atoms with Crippen molar-refractivity contribution in [2.75, 3.05) is 14.2 Å². The average molecular weight is 260 g/mol. The third-order valence-corrected chi connectivity index (χ3v) is 2.73. The molecule has 0 rings (SSSR count).